The fourth-order valence-corrected chi connectivity index (χ4v) is 1.52. The minimum absolute atomic E-state index is 0.338. The highest BCUT2D eigenvalue weighted by Gasteiger charge is 2.23. The Morgan fingerprint density at radius 3 is 2.41 bits per heavy atom. The van der Waals surface area contributed by atoms with E-state index in [0.717, 1.165) is 16.9 Å². The Bertz CT molecular complexity index is 448. The molecule has 0 aromatic heterocycles. The lowest BCUT2D eigenvalue weighted by atomic mass is 10.0. The van der Waals surface area contributed by atoms with Gasteiger partial charge in [0.1, 0.15) is 17.9 Å². The quantitative estimate of drug-likeness (QED) is 0.867. The minimum Gasteiger partial charge on any atom is -0.490 e. The maximum absolute atomic E-state index is 9.06. The van der Waals surface area contributed by atoms with Crippen LogP contribution in [0.5, 0.6) is 5.75 Å². The first kappa shape index (κ1) is 13.5. The zero-order chi connectivity index (χ0) is 13.1. The van der Waals surface area contributed by atoms with Gasteiger partial charge in [-0.1, -0.05) is 12.1 Å². The lowest BCUT2D eigenvalue weighted by molar-refractivity contribution is 0.239. The van der Waals surface area contributed by atoms with Gasteiger partial charge in [0.25, 0.3) is 0 Å². The number of hydrogen-bond acceptors (Lipinski definition) is 3. The molecular formula is C14H20N2O. The van der Waals surface area contributed by atoms with Gasteiger partial charge in [-0.15, -0.1) is 0 Å². The SMILES string of the molecule is CNC(C)(C#N)COc1c(C)ccc(C)c1C. The lowest BCUT2D eigenvalue weighted by Crippen LogP contribution is -2.43. The highest BCUT2D eigenvalue weighted by Crippen LogP contribution is 2.26. The number of hydrogen-bond donors (Lipinski definition) is 1. The second-order valence-electron chi connectivity index (χ2n) is 4.64. The van der Waals surface area contributed by atoms with Crippen molar-refractivity contribution >= 4 is 0 Å². The molecule has 0 fully saturated rings. The van der Waals surface area contributed by atoms with Gasteiger partial charge in [-0.05, 0) is 51.4 Å². The van der Waals surface area contributed by atoms with Crippen molar-refractivity contribution in [3.05, 3.63) is 28.8 Å². The predicted molar refractivity (Wildman–Crippen MR) is 69.2 cm³/mol. The summed E-state index contributed by atoms with van der Waals surface area (Å²) in [6, 6.07) is 6.34. The van der Waals surface area contributed by atoms with Crippen LogP contribution in [-0.2, 0) is 0 Å². The van der Waals surface area contributed by atoms with E-state index in [2.05, 4.69) is 24.4 Å². The van der Waals surface area contributed by atoms with Crippen LogP contribution < -0.4 is 10.1 Å². The standard InChI is InChI=1S/C14H20N2O/c1-10-6-7-11(2)13(12(10)3)17-9-14(4,8-15)16-5/h6-7,16H,9H2,1-5H3. The average Bonchev–Trinajstić information content (AvgIpc) is 2.33. The van der Waals surface area contributed by atoms with Crippen LogP contribution in [0, 0.1) is 32.1 Å². The van der Waals surface area contributed by atoms with Gasteiger partial charge in [-0.25, -0.2) is 0 Å². The maximum atomic E-state index is 9.06. The molecule has 0 aliphatic carbocycles. The third-order valence-electron chi connectivity index (χ3n) is 3.18. The highest BCUT2D eigenvalue weighted by atomic mass is 16.5. The molecule has 0 aliphatic heterocycles. The summed E-state index contributed by atoms with van der Waals surface area (Å²) in [5.74, 6) is 0.890. The van der Waals surface area contributed by atoms with Gasteiger partial charge in [-0.3, -0.25) is 5.32 Å². The molecule has 0 saturated heterocycles. The molecule has 0 amide bonds. The first-order valence-corrected chi connectivity index (χ1v) is 5.73. The summed E-state index contributed by atoms with van der Waals surface area (Å²) in [6.07, 6.45) is 0. The van der Waals surface area contributed by atoms with Gasteiger partial charge in [0.05, 0.1) is 6.07 Å². The van der Waals surface area contributed by atoms with Crippen LogP contribution in [0.15, 0.2) is 12.1 Å². The Morgan fingerprint density at radius 2 is 1.88 bits per heavy atom. The predicted octanol–water partition coefficient (Wildman–Crippen LogP) is 2.49. The van der Waals surface area contributed by atoms with E-state index in [4.69, 9.17) is 10.00 Å². The molecule has 0 bridgehead atoms. The van der Waals surface area contributed by atoms with E-state index in [1.54, 1.807) is 7.05 Å². The Labute approximate surface area is 103 Å². The molecule has 1 aromatic rings. The molecule has 0 radical (unpaired) electrons. The summed E-state index contributed by atoms with van der Waals surface area (Å²) >= 11 is 0. The van der Waals surface area contributed by atoms with Crippen molar-refractivity contribution in [1.29, 1.82) is 5.26 Å². The summed E-state index contributed by atoms with van der Waals surface area (Å²) in [5.41, 5.74) is 2.79. The molecule has 3 nitrogen and oxygen atoms in total. The van der Waals surface area contributed by atoms with Crippen molar-refractivity contribution in [1.82, 2.24) is 5.32 Å². The minimum atomic E-state index is -0.650. The molecule has 0 saturated carbocycles. The number of aryl methyl sites for hydroxylation is 2. The fraction of sp³-hybridized carbons (Fsp3) is 0.500. The van der Waals surface area contributed by atoms with E-state index in [0.29, 0.717) is 6.61 Å². The van der Waals surface area contributed by atoms with Gasteiger partial charge in [0.2, 0.25) is 0 Å². The van der Waals surface area contributed by atoms with Crippen molar-refractivity contribution in [2.75, 3.05) is 13.7 Å². The van der Waals surface area contributed by atoms with Crippen molar-refractivity contribution in [2.45, 2.75) is 33.2 Å². The summed E-state index contributed by atoms with van der Waals surface area (Å²) in [7, 11) is 1.77. The number of nitrogens with one attached hydrogen (secondary N) is 1. The van der Waals surface area contributed by atoms with Gasteiger partial charge in [-0.2, -0.15) is 5.26 Å². The molecule has 1 N–H and O–H groups in total. The third-order valence-corrected chi connectivity index (χ3v) is 3.18. The van der Waals surface area contributed by atoms with Crippen molar-refractivity contribution in [3.63, 3.8) is 0 Å². The molecular weight excluding hydrogens is 212 g/mol. The zero-order valence-electron chi connectivity index (χ0n) is 11.2. The molecule has 0 aliphatic rings. The summed E-state index contributed by atoms with van der Waals surface area (Å²) < 4.78 is 5.81. The monoisotopic (exact) mass is 232 g/mol. The fourth-order valence-electron chi connectivity index (χ4n) is 1.52. The van der Waals surface area contributed by atoms with Crippen LogP contribution in [0.1, 0.15) is 23.6 Å². The van der Waals surface area contributed by atoms with Gasteiger partial charge >= 0.3 is 0 Å². The van der Waals surface area contributed by atoms with E-state index in [9.17, 15) is 0 Å². The number of benzene rings is 1. The molecule has 3 heteroatoms. The van der Waals surface area contributed by atoms with Crippen molar-refractivity contribution < 1.29 is 4.74 Å². The number of likely N-dealkylation sites (N-methyl/N-ethyl adjacent to an activating group) is 1. The highest BCUT2D eigenvalue weighted by molar-refractivity contribution is 5.44. The molecule has 1 atom stereocenters. The molecule has 1 unspecified atom stereocenters. The Balaban J connectivity index is 2.91. The van der Waals surface area contributed by atoms with Crippen molar-refractivity contribution in [2.24, 2.45) is 0 Å². The topological polar surface area (TPSA) is 45.0 Å². The van der Waals surface area contributed by atoms with E-state index in [-0.39, 0.29) is 0 Å². The van der Waals surface area contributed by atoms with Crippen molar-refractivity contribution in [3.8, 4) is 11.8 Å². The Morgan fingerprint density at radius 1 is 1.29 bits per heavy atom. The number of ether oxygens (including phenoxy) is 1. The number of nitriles is 1. The van der Waals surface area contributed by atoms with Crippen LogP contribution in [0.25, 0.3) is 0 Å². The normalized spacial score (nSPS) is 13.9. The zero-order valence-corrected chi connectivity index (χ0v) is 11.2. The second-order valence-corrected chi connectivity index (χ2v) is 4.64. The third kappa shape index (κ3) is 2.98. The average molecular weight is 232 g/mol. The van der Waals surface area contributed by atoms with Crippen LogP contribution in [0.4, 0.5) is 0 Å². The van der Waals surface area contributed by atoms with Crippen LogP contribution >= 0.6 is 0 Å². The maximum Gasteiger partial charge on any atom is 0.137 e. The van der Waals surface area contributed by atoms with E-state index < -0.39 is 5.54 Å². The van der Waals surface area contributed by atoms with E-state index in [1.165, 1.54) is 5.56 Å². The van der Waals surface area contributed by atoms with Crippen LogP contribution in [0.3, 0.4) is 0 Å². The summed E-state index contributed by atoms with van der Waals surface area (Å²) in [4.78, 5) is 0. The second kappa shape index (κ2) is 5.20. The Hall–Kier alpha value is -1.53. The largest absolute Gasteiger partial charge is 0.490 e. The molecule has 17 heavy (non-hydrogen) atoms. The van der Waals surface area contributed by atoms with Gasteiger partial charge < -0.3 is 4.74 Å². The summed E-state index contributed by atoms with van der Waals surface area (Å²) in [6.45, 7) is 8.29. The first-order valence-electron chi connectivity index (χ1n) is 5.73. The van der Waals surface area contributed by atoms with Crippen LogP contribution in [-0.4, -0.2) is 19.2 Å². The summed E-state index contributed by atoms with van der Waals surface area (Å²) in [5, 5.41) is 12.0. The molecule has 0 spiro atoms. The molecule has 1 rings (SSSR count). The lowest BCUT2D eigenvalue weighted by Gasteiger charge is -2.23. The van der Waals surface area contributed by atoms with Gasteiger partial charge in [0.15, 0.2) is 0 Å². The number of nitrogens with zero attached hydrogens (tertiary/aromatic N) is 1. The Kier molecular flexibility index (Phi) is 4.14. The molecule has 1 aromatic carbocycles. The van der Waals surface area contributed by atoms with Crippen LogP contribution in [0.2, 0.25) is 0 Å². The molecule has 92 valence electrons. The first-order chi connectivity index (χ1) is 7.93. The van der Waals surface area contributed by atoms with E-state index >= 15 is 0 Å². The number of rotatable bonds is 4. The van der Waals surface area contributed by atoms with Gasteiger partial charge in [0, 0.05) is 0 Å². The smallest absolute Gasteiger partial charge is 0.137 e. The van der Waals surface area contributed by atoms with E-state index in [1.807, 2.05) is 26.8 Å². The molecule has 0 heterocycles.